The van der Waals surface area contributed by atoms with Gasteiger partial charge in [0.05, 0.1) is 5.69 Å². The fourth-order valence-electron chi connectivity index (χ4n) is 1.96. The van der Waals surface area contributed by atoms with E-state index in [1.54, 1.807) is 37.6 Å². The second kappa shape index (κ2) is 5.96. The van der Waals surface area contributed by atoms with Crippen LogP contribution in [0.3, 0.4) is 0 Å². The minimum absolute atomic E-state index is 0.0819. The SMILES string of the molecule is Cc1nn(C)c(C)c1C(=O)OCc1nc(N)nc(N(C)C)n1. The molecule has 2 N–H and O–H groups in total. The molecule has 0 saturated heterocycles. The number of aryl methyl sites for hydroxylation is 2. The lowest BCUT2D eigenvalue weighted by Gasteiger charge is -2.11. The van der Waals surface area contributed by atoms with Crippen molar-refractivity contribution in [2.24, 2.45) is 7.05 Å². The number of hydrogen-bond acceptors (Lipinski definition) is 8. The third-order valence-electron chi connectivity index (χ3n) is 3.13. The van der Waals surface area contributed by atoms with Crippen LogP contribution in [0.25, 0.3) is 0 Å². The smallest absolute Gasteiger partial charge is 0.342 e. The first-order valence-electron chi connectivity index (χ1n) is 6.64. The summed E-state index contributed by atoms with van der Waals surface area (Å²) in [5.41, 5.74) is 7.44. The molecule has 0 atom stereocenters. The highest BCUT2D eigenvalue weighted by Gasteiger charge is 2.19. The van der Waals surface area contributed by atoms with Crippen molar-refractivity contribution in [1.82, 2.24) is 24.7 Å². The van der Waals surface area contributed by atoms with Gasteiger partial charge in [-0.05, 0) is 13.8 Å². The van der Waals surface area contributed by atoms with Gasteiger partial charge in [0.25, 0.3) is 0 Å². The molecule has 9 heteroatoms. The molecule has 0 radical (unpaired) electrons. The topological polar surface area (TPSA) is 112 Å². The molecule has 2 heterocycles. The average Bonchev–Trinajstić information content (AvgIpc) is 2.69. The van der Waals surface area contributed by atoms with Crippen LogP contribution in [0.1, 0.15) is 27.6 Å². The number of nitrogens with zero attached hydrogens (tertiary/aromatic N) is 6. The van der Waals surface area contributed by atoms with Crippen molar-refractivity contribution in [1.29, 1.82) is 0 Å². The standard InChI is InChI=1S/C13H19N7O2/c1-7-10(8(2)20(5)18-7)11(21)22-6-9-15-12(14)17-13(16-9)19(3)4/h6H2,1-5H3,(H2,14,15,16,17). The lowest BCUT2D eigenvalue weighted by Crippen LogP contribution is -2.17. The maximum atomic E-state index is 12.2. The molecule has 9 nitrogen and oxygen atoms in total. The van der Waals surface area contributed by atoms with Gasteiger partial charge in [-0.15, -0.1) is 0 Å². The van der Waals surface area contributed by atoms with E-state index >= 15 is 0 Å². The molecule has 2 aromatic rings. The Kier molecular flexibility index (Phi) is 4.25. The van der Waals surface area contributed by atoms with Crippen LogP contribution in [0.4, 0.5) is 11.9 Å². The number of nitrogens with two attached hydrogens (primary N) is 1. The van der Waals surface area contributed by atoms with E-state index in [9.17, 15) is 4.79 Å². The summed E-state index contributed by atoms with van der Waals surface area (Å²) in [6.07, 6.45) is 0. The highest BCUT2D eigenvalue weighted by atomic mass is 16.5. The van der Waals surface area contributed by atoms with E-state index in [2.05, 4.69) is 20.1 Å². The van der Waals surface area contributed by atoms with Gasteiger partial charge in [-0.2, -0.15) is 20.1 Å². The Morgan fingerprint density at radius 1 is 1.27 bits per heavy atom. The van der Waals surface area contributed by atoms with Crippen LogP contribution < -0.4 is 10.6 Å². The monoisotopic (exact) mass is 305 g/mol. The van der Waals surface area contributed by atoms with Crippen molar-refractivity contribution in [2.45, 2.75) is 20.5 Å². The van der Waals surface area contributed by atoms with Crippen LogP contribution in [0, 0.1) is 13.8 Å². The number of nitrogen functional groups attached to an aromatic ring is 1. The van der Waals surface area contributed by atoms with E-state index in [1.807, 2.05) is 6.92 Å². The lowest BCUT2D eigenvalue weighted by atomic mass is 10.2. The largest absolute Gasteiger partial charge is 0.454 e. The van der Waals surface area contributed by atoms with Crippen molar-refractivity contribution in [2.75, 3.05) is 24.7 Å². The molecule has 22 heavy (non-hydrogen) atoms. The first kappa shape index (κ1) is 15.7. The number of rotatable bonds is 4. The van der Waals surface area contributed by atoms with Crippen LogP contribution in [-0.4, -0.2) is 44.8 Å². The Labute approximate surface area is 128 Å². The van der Waals surface area contributed by atoms with Crippen molar-refractivity contribution in [3.63, 3.8) is 0 Å². The number of aromatic nitrogens is 5. The highest BCUT2D eigenvalue weighted by molar-refractivity contribution is 5.91. The van der Waals surface area contributed by atoms with Crippen LogP contribution in [-0.2, 0) is 18.4 Å². The third-order valence-corrected chi connectivity index (χ3v) is 3.13. The zero-order valence-corrected chi connectivity index (χ0v) is 13.3. The van der Waals surface area contributed by atoms with E-state index < -0.39 is 5.97 Å². The second-order valence-electron chi connectivity index (χ2n) is 5.05. The Bertz CT molecular complexity index is 709. The summed E-state index contributed by atoms with van der Waals surface area (Å²) < 4.78 is 6.90. The van der Waals surface area contributed by atoms with Crippen LogP contribution >= 0.6 is 0 Å². The van der Waals surface area contributed by atoms with Gasteiger partial charge in [-0.1, -0.05) is 0 Å². The quantitative estimate of drug-likeness (QED) is 0.799. The molecule has 0 fully saturated rings. The predicted molar refractivity (Wildman–Crippen MR) is 80.4 cm³/mol. The van der Waals surface area contributed by atoms with Gasteiger partial charge < -0.3 is 15.4 Å². The fraction of sp³-hybridized carbons (Fsp3) is 0.462. The number of anilines is 2. The molecular formula is C13H19N7O2. The molecule has 2 aromatic heterocycles. The molecule has 0 aliphatic rings. The Morgan fingerprint density at radius 3 is 2.50 bits per heavy atom. The normalized spacial score (nSPS) is 10.6. The zero-order chi connectivity index (χ0) is 16.4. The summed E-state index contributed by atoms with van der Waals surface area (Å²) in [5, 5.41) is 4.19. The fourth-order valence-corrected chi connectivity index (χ4v) is 1.96. The molecule has 118 valence electrons. The Hall–Kier alpha value is -2.71. The zero-order valence-electron chi connectivity index (χ0n) is 13.3. The first-order chi connectivity index (χ1) is 10.3. The molecule has 0 aromatic carbocycles. The number of hydrogen-bond donors (Lipinski definition) is 1. The molecule has 0 bridgehead atoms. The van der Waals surface area contributed by atoms with E-state index in [4.69, 9.17) is 10.5 Å². The molecule has 0 saturated carbocycles. The number of ether oxygens (including phenoxy) is 1. The predicted octanol–water partition coefficient (Wildman–Crippen LogP) is 0.227. The summed E-state index contributed by atoms with van der Waals surface area (Å²) in [7, 11) is 5.34. The van der Waals surface area contributed by atoms with Gasteiger partial charge in [0.2, 0.25) is 11.9 Å². The van der Waals surface area contributed by atoms with Gasteiger partial charge in [0, 0.05) is 26.8 Å². The molecule has 0 amide bonds. The summed E-state index contributed by atoms with van der Waals surface area (Å²) in [6.45, 7) is 3.48. The molecule has 2 rings (SSSR count). The van der Waals surface area contributed by atoms with E-state index in [0.29, 0.717) is 23.0 Å². The van der Waals surface area contributed by atoms with Crippen molar-refractivity contribution < 1.29 is 9.53 Å². The van der Waals surface area contributed by atoms with E-state index in [1.165, 1.54) is 0 Å². The lowest BCUT2D eigenvalue weighted by molar-refractivity contribution is 0.0460. The number of carbonyl (C=O) groups excluding carboxylic acids is 1. The third kappa shape index (κ3) is 3.13. The first-order valence-corrected chi connectivity index (χ1v) is 6.64. The number of esters is 1. The van der Waals surface area contributed by atoms with Gasteiger partial charge in [0.1, 0.15) is 5.56 Å². The molecular weight excluding hydrogens is 286 g/mol. The number of carbonyl (C=O) groups is 1. The maximum absolute atomic E-state index is 12.2. The Balaban J connectivity index is 2.14. The summed E-state index contributed by atoms with van der Waals surface area (Å²) in [5.74, 6) is 0.322. The molecule has 0 aliphatic heterocycles. The van der Waals surface area contributed by atoms with Crippen molar-refractivity contribution in [3.8, 4) is 0 Å². The van der Waals surface area contributed by atoms with E-state index in [0.717, 1.165) is 5.69 Å². The van der Waals surface area contributed by atoms with Crippen LogP contribution in [0.15, 0.2) is 0 Å². The molecule has 0 spiro atoms. The van der Waals surface area contributed by atoms with Gasteiger partial charge >= 0.3 is 5.97 Å². The minimum atomic E-state index is -0.464. The molecule has 0 aliphatic carbocycles. The van der Waals surface area contributed by atoms with Crippen LogP contribution in [0.2, 0.25) is 0 Å². The van der Waals surface area contributed by atoms with E-state index in [-0.39, 0.29) is 12.6 Å². The van der Waals surface area contributed by atoms with Gasteiger partial charge in [-0.3, -0.25) is 4.68 Å². The maximum Gasteiger partial charge on any atom is 0.342 e. The van der Waals surface area contributed by atoms with Crippen molar-refractivity contribution >= 4 is 17.9 Å². The van der Waals surface area contributed by atoms with Gasteiger partial charge in [0.15, 0.2) is 12.4 Å². The van der Waals surface area contributed by atoms with Gasteiger partial charge in [-0.25, -0.2) is 4.79 Å². The summed E-state index contributed by atoms with van der Waals surface area (Å²) in [4.78, 5) is 26.0. The highest BCUT2D eigenvalue weighted by Crippen LogP contribution is 2.14. The average molecular weight is 305 g/mol. The van der Waals surface area contributed by atoms with Crippen LogP contribution in [0.5, 0.6) is 0 Å². The summed E-state index contributed by atoms with van der Waals surface area (Å²) in [6, 6.07) is 0. The Morgan fingerprint density at radius 2 is 1.95 bits per heavy atom. The second-order valence-corrected chi connectivity index (χ2v) is 5.05. The summed E-state index contributed by atoms with van der Waals surface area (Å²) >= 11 is 0. The molecule has 0 unspecified atom stereocenters. The minimum Gasteiger partial charge on any atom is -0.454 e. The van der Waals surface area contributed by atoms with Crippen molar-refractivity contribution in [3.05, 3.63) is 22.8 Å².